The van der Waals surface area contributed by atoms with Gasteiger partial charge in [0.15, 0.2) is 0 Å². The zero-order valence-electron chi connectivity index (χ0n) is 10.2. The van der Waals surface area contributed by atoms with Crippen molar-refractivity contribution in [2.24, 2.45) is 0 Å². The number of fused-ring (bicyclic) bond motifs is 1. The van der Waals surface area contributed by atoms with Gasteiger partial charge in [-0.15, -0.1) is 0 Å². The third kappa shape index (κ3) is 2.06. The molecule has 2 atom stereocenters. The van der Waals surface area contributed by atoms with Crippen molar-refractivity contribution in [2.45, 2.75) is 44.9 Å². The normalized spacial score (nSPS) is 24.2. The first-order valence-corrected chi connectivity index (χ1v) is 6.06. The largest absolute Gasteiger partial charge is 0.460 e. The molecule has 0 heterocycles. The van der Waals surface area contributed by atoms with Crippen LogP contribution in [-0.2, 0) is 21.6 Å². The molecule has 0 aliphatic heterocycles. The topological polar surface area (TPSA) is 26.3 Å². The summed E-state index contributed by atoms with van der Waals surface area (Å²) >= 11 is 0. The van der Waals surface area contributed by atoms with Gasteiger partial charge in [-0.2, -0.15) is 0 Å². The van der Waals surface area contributed by atoms with Gasteiger partial charge in [-0.3, -0.25) is 0 Å². The van der Waals surface area contributed by atoms with E-state index in [4.69, 9.17) is 4.74 Å². The molecular weight excluding hydrogens is 219 g/mol. The number of esters is 1. The van der Waals surface area contributed by atoms with Crippen molar-refractivity contribution >= 4 is 5.97 Å². The van der Waals surface area contributed by atoms with E-state index in [1.807, 2.05) is 19.1 Å². The Kier molecular flexibility index (Phi) is 3.18. The lowest BCUT2D eigenvalue weighted by molar-refractivity contribution is -0.163. The number of halogens is 1. The Hall–Kier alpha value is -1.38. The second-order valence-electron chi connectivity index (χ2n) is 4.58. The highest BCUT2D eigenvalue weighted by atomic mass is 19.1. The van der Waals surface area contributed by atoms with Crippen molar-refractivity contribution in [3.63, 3.8) is 0 Å². The Labute approximate surface area is 101 Å². The number of ether oxygens (including phenoxy) is 1. The van der Waals surface area contributed by atoms with E-state index in [1.165, 1.54) is 0 Å². The lowest BCUT2D eigenvalue weighted by atomic mass is 9.98. The molecule has 1 aliphatic rings. The summed E-state index contributed by atoms with van der Waals surface area (Å²) in [5.41, 5.74) is -0.551. The fourth-order valence-electron chi connectivity index (χ4n) is 2.14. The van der Waals surface area contributed by atoms with Gasteiger partial charge in [-0.1, -0.05) is 31.2 Å². The molecule has 1 unspecified atom stereocenters. The molecule has 0 saturated carbocycles. The molecule has 1 aromatic rings. The summed E-state index contributed by atoms with van der Waals surface area (Å²) in [5.74, 6) is -0.739. The molecule has 0 N–H and O–H groups in total. The third-order valence-electron chi connectivity index (χ3n) is 3.39. The minimum Gasteiger partial charge on any atom is -0.460 e. The smallest absolute Gasteiger partial charge is 0.348 e. The van der Waals surface area contributed by atoms with Gasteiger partial charge in [0, 0.05) is 12.0 Å². The summed E-state index contributed by atoms with van der Waals surface area (Å²) in [6.45, 7) is 3.69. The van der Waals surface area contributed by atoms with Crippen molar-refractivity contribution in [2.75, 3.05) is 0 Å². The summed E-state index contributed by atoms with van der Waals surface area (Å²) in [5, 5.41) is 0. The van der Waals surface area contributed by atoms with Crippen LogP contribution in [0.1, 0.15) is 37.8 Å². The Morgan fingerprint density at radius 2 is 2.24 bits per heavy atom. The number of rotatable bonds is 3. The molecule has 1 aliphatic carbocycles. The highest BCUT2D eigenvalue weighted by Gasteiger charge is 2.47. The van der Waals surface area contributed by atoms with E-state index in [9.17, 15) is 9.18 Å². The highest BCUT2D eigenvalue weighted by molar-refractivity contribution is 5.83. The number of carbonyl (C=O) groups excluding carboxylic acids is 1. The summed E-state index contributed by atoms with van der Waals surface area (Å²) in [6.07, 6.45) is 1.26. The lowest BCUT2D eigenvalue weighted by Gasteiger charge is -2.21. The average Bonchev–Trinajstić information content (AvgIpc) is 2.69. The maximum atomic E-state index is 14.7. The van der Waals surface area contributed by atoms with E-state index in [1.54, 1.807) is 19.1 Å². The summed E-state index contributed by atoms with van der Waals surface area (Å²) in [7, 11) is 0. The van der Waals surface area contributed by atoms with E-state index in [0.29, 0.717) is 18.4 Å². The van der Waals surface area contributed by atoms with Crippen molar-refractivity contribution in [3.05, 3.63) is 35.4 Å². The second kappa shape index (κ2) is 4.47. The van der Waals surface area contributed by atoms with Crippen LogP contribution in [0.4, 0.5) is 4.39 Å². The Morgan fingerprint density at radius 1 is 1.53 bits per heavy atom. The van der Waals surface area contributed by atoms with E-state index in [2.05, 4.69) is 0 Å². The molecule has 17 heavy (non-hydrogen) atoms. The quantitative estimate of drug-likeness (QED) is 0.754. The van der Waals surface area contributed by atoms with Crippen molar-refractivity contribution in [1.82, 2.24) is 0 Å². The van der Waals surface area contributed by atoms with Crippen LogP contribution >= 0.6 is 0 Å². The van der Waals surface area contributed by atoms with Crippen molar-refractivity contribution in [1.29, 1.82) is 0 Å². The van der Waals surface area contributed by atoms with Crippen LogP contribution < -0.4 is 0 Å². The number of hydrogen-bond acceptors (Lipinski definition) is 2. The lowest BCUT2D eigenvalue weighted by Crippen LogP contribution is -2.33. The van der Waals surface area contributed by atoms with E-state index in [-0.39, 0.29) is 12.5 Å². The fraction of sp³-hybridized carbons (Fsp3) is 0.500. The maximum Gasteiger partial charge on any atom is 0.348 e. The van der Waals surface area contributed by atoms with E-state index in [0.717, 1.165) is 5.56 Å². The van der Waals surface area contributed by atoms with E-state index >= 15 is 0 Å². The summed E-state index contributed by atoms with van der Waals surface area (Å²) < 4.78 is 19.9. The Morgan fingerprint density at radius 3 is 2.94 bits per heavy atom. The molecule has 0 aromatic heterocycles. The van der Waals surface area contributed by atoms with Gasteiger partial charge in [0.25, 0.3) is 0 Å². The molecule has 0 bridgehead atoms. The molecule has 0 amide bonds. The van der Waals surface area contributed by atoms with Crippen LogP contribution in [0.5, 0.6) is 0 Å². The van der Waals surface area contributed by atoms with Crippen LogP contribution in [0.3, 0.4) is 0 Å². The van der Waals surface area contributed by atoms with Crippen LogP contribution in [0.25, 0.3) is 0 Å². The fourth-order valence-corrected chi connectivity index (χ4v) is 2.14. The van der Waals surface area contributed by atoms with Crippen molar-refractivity contribution in [3.8, 4) is 0 Å². The minimum atomic E-state index is -1.94. The number of aryl methyl sites for hydroxylation is 1. The molecule has 2 rings (SSSR count). The first-order chi connectivity index (χ1) is 8.08. The first-order valence-electron chi connectivity index (χ1n) is 6.06. The van der Waals surface area contributed by atoms with Crippen LogP contribution in [0.2, 0.25) is 0 Å². The molecule has 0 fully saturated rings. The molecule has 3 heteroatoms. The van der Waals surface area contributed by atoms with Gasteiger partial charge < -0.3 is 4.74 Å². The zero-order chi connectivity index (χ0) is 12.5. The molecule has 1 aromatic carbocycles. The van der Waals surface area contributed by atoms with Gasteiger partial charge in [0.1, 0.15) is 0 Å². The van der Waals surface area contributed by atoms with Gasteiger partial charge in [-0.05, 0) is 25.3 Å². The number of carbonyl (C=O) groups is 1. The van der Waals surface area contributed by atoms with Crippen LogP contribution in [0.15, 0.2) is 24.3 Å². The summed E-state index contributed by atoms with van der Waals surface area (Å²) in [6, 6.07) is 7.17. The molecule has 0 radical (unpaired) electrons. The number of hydrogen-bond donors (Lipinski definition) is 0. The van der Waals surface area contributed by atoms with Gasteiger partial charge >= 0.3 is 5.97 Å². The second-order valence-corrected chi connectivity index (χ2v) is 4.58. The predicted molar refractivity (Wildman–Crippen MR) is 63.4 cm³/mol. The Bertz CT molecular complexity index is 430. The zero-order valence-corrected chi connectivity index (χ0v) is 10.2. The minimum absolute atomic E-state index is 0.196. The highest BCUT2D eigenvalue weighted by Crippen LogP contribution is 2.41. The first kappa shape index (κ1) is 12.1. The van der Waals surface area contributed by atoms with Gasteiger partial charge in [0.2, 0.25) is 5.67 Å². The van der Waals surface area contributed by atoms with Gasteiger partial charge in [0.05, 0.1) is 6.10 Å². The van der Waals surface area contributed by atoms with E-state index < -0.39 is 11.6 Å². The Balaban J connectivity index is 2.24. The third-order valence-corrected chi connectivity index (χ3v) is 3.39. The standard InChI is InChI=1S/C14H17FO2/c1-3-10(2)17-13(16)14(15)9-8-11-6-4-5-7-12(11)14/h4-7,10H,3,8-9H2,1-2H3/t10-,14?/m0/s1. The SMILES string of the molecule is CC[C@H](C)OC(=O)C1(F)CCc2ccccc21. The molecule has 2 nitrogen and oxygen atoms in total. The summed E-state index contributed by atoms with van der Waals surface area (Å²) in [4.78, 5) is 11.9. The number of alkyl halides is 1. The molecular formula is C14H17FO2. The molecule has 0 spiro atoms. The van der Waals surface area contributed by atoms with Crippen LogP contribution in [0, 0.1) is 0 Å². The molecule has 92 valence electrons. The monoisotopic (exact) mass is 236 g/mol. The van der Waals surface area contributed by atoms with Crippen LogP contribution in [-0.4, -0.2) is 12.1 Å². The predicted octanol–water partition coefficient (Wildman–Crippen LogP) is 3.14. The molecule has 0 saturated heterocycles. The maximum absolute atomic E-state index is 14.7. The van der Waals surface area contributed by atoms with Crippen molar-refractivity contribution < 1.29 is 13.9 Å². The average molecular weight is 236 g/mol. The van der Waals surface area contributed by atoms with Gasteiger partial charge in [-0.25, -0.2) is 9.18 Å². The number of benzene rings is 1.